The lowest BCUT2D eigenvalue weighted by molar-refractivity contribution is -0.165. The maximum atomic E-state index is 10.2. The van der Waals surface area contributed by atoms with Crippen molar-refractivity contribution in [3.8, 4) is 0 Å². The summed E-state index contributed by atoms with van der Waals surface area (Å²) >= 11 is 0. The zero-order valence-electron chi connectivity index (χ0n) is 18.2. The highest BCUT2D eigenvalue weighted by Gasteiger charge is 2.29. The van der Waals surface area contributed by atoms with E-state index in [4.69, 9.17) is 65.0 Å². The summed E-state index contributed by atoms with van der Waals surface area (Å²) < 4.78 is 0. The Labute approximate surface area is 193 Å². The number of aliphatic hydroxyl groups is 2. The van der Waals surface area contributed by atoms with Crippen LogP contribution in [0.25, 0.3) is 0 Å². The quantitative estimate of drug-likeness (QED) is 0.0640. The van der Waals surface area contributed by atoms with Crippen LogP contribution in [-0.2, 0) is 19.2 Å². The van der Waals surface area contributed by atoms with Crippen LogP contribution >= 0.6 is 0 Å². The lowest BCUT2D eigenvalue weighted by Gasteiger charge is -2.07. The van der Waals surface area contributed by atoms with Gasteiger partial charge in [-0.15, -0.1) is 0 Å². The molecule has 0 bridgehead atoms. The van der Waals surface area contributed by atoms with Crippen molar-refractivity contribution in [3.05, 3.63) is 0 Å². The van der Waals surface area contributed by atoms with Crippen molar-refractivity contribution in [2.24, 2.45) is 44.4 Å². The largest absolute Gasteiger partial charge is 0.480 e. The van der Waals surface area contributed by atoms with Gasteiger partial charge in [-0.25, -0.2) is 9.59 Å². The molecule has 34 heavy (non-hydrogen) atoms. The number of hydrogen-bond donors (Lipinski definition) is 12. The number of carbonyl (C=O) groups is 4. The number of aliphatic hydroxyl groups excluding tert-OH is 2. The van der Waals surface area contributed by atoms with Crippen LogP contribution in [-0.4, -0.2) is 104 Å². The first-order chi connectivity index (χ1) is 15.5. The van der Waals surface area contributed by atoms with E-state index in [0.717, 1.165) is 0 Å². The van der Waals surface area contributed by atoms with E-state index in [1.54, 1.807) is 0 Å². The second kappa shape index (κ2) is 19.9. The van der Waals surface area contributed by atoms with E-state index in [1.165, 1.54) is 0 Å². The Hall–Kier alpha value is -3.74. The Kier molecular flexibility index (Phi) is 20.4. The smallest absolute Gasteiger partial charge is 0.335 e. The molecule has 0 aromatic rings. The fraction of sp³-hybridized carbons (Fsp3) is 0.625. The van der Waals surface area contributed by atoms with Gasteiger partial charge in [-0.2, -0.15) is 0 Å². The highest BCUT2D eigenvalue weighted by atomic mass is 16.4. The highest BCUT2D eigenvalue weighted by Crippen LogP contribution is 1.95. The summed E-state index contributed by atoms with van der Waals surface area (Å²) in [6, 6.07) is -1.64. The lowest BCUT2D eigenvalue weighted by atomic mass is 10.2. The molecular weight excluding hydrogens is 464 g/mol. The molecule has 18 heteroatoms. The summed E-state index contributed by atoms with van der Waals surface area (Å²) in [6.45, 7) is 0.840. The zero-order valence-corrected chi connectivity index (χ0v) is 18.2. The van der Waals surface area contributed by atoms with E-state index in [1.807, 2.05) is 0 Å². The summed E-state index contributed by atoms with van der Waals surface area (Å²) in [4.78, 5) is 47.3. The zero-order chi connectivity index (χ0) is 27.4. The molecule has 0 saturated heterocycles. The molecule has 0 aliphatic heterocycles. The summed E-state index contributed by atoms with van der Waals surface area (Å²) in [5.41, 5.74) is 30.6. The van der Waals surface area contributed by atoms with Crippen LogP contribution in [0.3, 0.4) is 0 Å². The minimum absolute atomic E-state index is 0.0129. The molecule has 0 spiro atoms. The van der Waals surface area contributed by atoms with Crippen molar-refractivity contribution in [1.29, 1.82) is 0 Å². The van der Waals surface area contributed by atoms with Crippen molar-refractivity contribution in [2.75, 3.05) is 13.1 Å². The van der Waals surface area contributed by atoms with Crippen molar-refractivity contribution in [1.82, 2.24) is 0 Å². The van der Waals surface area contributed by atoms with E-state index < -0.39 is 48.2 Å². The van der Waals surface area contributed by atoms with Crippen LogP contribution in [0.1, 0.15) is 25.7 Å². The predicted molar refractivity (Wildman–Crippen MR) is 118 cm³/mol. The summed E-state index contributed by atoms with van der Waals surface area (Å²) in [7, 11) is 0. The van der Waals surface area contributed by atoms with Crippen molar-refractivity contribution in [3.63, 3.8) is 0 Å². The molecule has 4 atom stereocenters. The molecule has 0 heterocycles. The molecule has 0 rings (SSSR count). The Morgan fingerprint density at radius 2 is 0.853 bits per heavy atom. The highest BCUT2D eigenvalue weighted by molar-refractivity contribution is 5.83. The average Bonchev–Trinajstić information content (AvgIpc) is 2.73. The Morgan fingerprint density at radius 1 is 0.588 bits per heavy atom. The topological polar surface area (TPSA) is 371 Å². The molecule has 0 aromatic heterocycles. The Bertz CT molecular complexity index is 637. The molecule has 0 saturated carbocycles. The van der Waals surface area contributed by atoms with Crippen molar-refractivity contribution in [2.45, 2.75) is 50.0 Å². The van der Waals surface area contributed by atoms with Crippen molar-refractivity contribution < 1.29 is 49.8 Å². The van der Waals surface area contributed by atoms with Crippen LogP contribution in [0.5, 0.6) is 0 Å². The second-order valence-electron chi connectivity index (χ2n) is 6.35. The minimum Gasteiger partial charge on any atom is -0.480 e. The number of carboxylic acid groups (broad SMARTS) is 4. The van der Waals surface area contributed by atoms with Gasteiger partial charge in [0.25, 0.3) is 0 Å². The molecule has 0 aromatic carbocycles. The number of nitrogens with zero attached hydrogens (tertiary/aromatic N) is 2. The van der Waals surface area contributed by atoms with Crippen LogP contribution < -0.4 is 34.4 Å². The SMILES string of the molecule is NC(N)=NCCC[C@H](N)C(=O)O.NC(N)=NCCC[C@H](N)C(=O)O.O=C(O)C(O)C(O)C(=O)O. The van der Waals surface area contributed by atoms with E-state index >= 15 is 0 Å². The summed E-state index contributed by atoms with van der Waals surface area (Å²) in [6.07, 6.45) is -2.62. The first-order valence-corrected chi connectivity index (χ1v) is 9.43. The van der Waals surface area contributed by atoms with Gasteiger partial charge in [-0.3, -0.25) is 19.6 Å². The van der Waals surface area contributed by atoms with Gasteiger partial charge in [0.05, 0.1) is 0 Å². The molecular formula is C16H34N8O10. The number of rotatable bonds is 13. The fourth-order valence-corrected chi connectivity index (χ4v) is 1.56. The Morgan fingerprint density at radius 3 is 1.03 bits per heavy atom. The molecule has 2 unspecified atom stereocenters. The molecule has 0 aliphatic rings. The molecule has 0 radical (unpaired) electrons. The van der Waals surface area contributed by atoms with Gasteiger partial charge in [-0.05, 0) is 25.7 Å². The maximum Gasteiger partial charge on any atom is 0.335 e. The number of nitrogens with two attached hydrogens (primary N) is 6. The van der Waals surface area contributed by atoms with Crippen molar-refractivity contribution >= 4 is 35.8 Å². The summed E-state index contributed by atoms with van der Waals surface area (Å²) in [5.74, 6) is -5.51. The third kappa shape index (κ3) is 22.9. The number of aliphatic carboxylic acids is 4. The van der Waals surface area contributed by atoms with Gasteiger partial charge >= 0.3 is 23.9 Å². The Balaban J connectivity index is -0.000000426. The molecule has 0 fully saturated rings. The van der Waals surface area contributed by atoms with Gasteiger partial charge < -0.3 is 65.0 Å². The predicted octanol–water partition coefficient (Wildman–Crippen LogP) is -5.22. The van der Waals surface area contributed by atoms with Gasteiger partial charge in [-0.1, -0.05) is 0 Å². The molecule has 18 N–H and O–H groups in total. The van der Waals surface area contributed by atoms with Crippen LogP contribution in [0.4, 0.5) is 0 Å². The standard InChI is InChI=1S/2C6H14N4O2.C4H6O6/c2*7-4(5(11)12)2-1-3-10-6(8)9;5-1(3(7)8)2(6)4(9)10/h2*4H,1-3,7H2,(H,11,12)(H4,8,9,10);1-2,5-6H,(H,7,8)(H,9,10)/t2*4-;/m00./s1. The van der Waals surface area contributed by atoms with E-state index in [9.17, 15) is 19.2 Å². The first-order valence-electron chi connectivity index (χ1n) is 9.43. The van der Waals surface area contributed by atoms with Gasteiger partial charge in [0.1, 0.15) is 12.1 Å². The first kappa shape index (κ1) is 34.9. The van der Waals surface area contributed by atoms with Gasteiger partial charge in [0.2, 0.25) is 0 Å². The van der Waals surface area contributed by atoms with Crippen LogP contribution in [0.2, 0.25) is 0 Å². The number of guanidine groups is 2. The molecule has 198 valence electrons. The summed E-state index contributed by atoms with van der Waals surface area (Å²) in [5, 5.41) is 49.3. The third-order valence-corrected chi connectivity index (χ3v) is 3.37. The normalized spacial score (nSPS) is 13.2. The fourth-order valence-electron chi connectivity index (χ4n) is 1.56. The third-order valence-electron chi connectivity index (χ3n) is 3.37. The molecule has 0 aliphatic carbocycles. The number of hydrogen-bond acceptors (Lipinski definition) is 10. The van der Waals surface area contributed by atoms with Gasteiger partial charge in [0, 0.05) is 13.1 Å². The van der Waals surface area contributed by atoms with Crippen LogP contribution in [0, 0.1) is 0 Å². The van der Waals surface area contributed by atoms with Gasteiger partial charge in [0.15, 0.2) is 24.1 Å². The van der Waals surface area contributed by atoms with E-state index in [0.29, 0.717) is 38.8 Å². The number of carboxylic acids is 4. The molecule has 18 nitrogen and oxygen atoms in total. The second-order valence-corrected chi connectivity index (χ2v) is 6.35. The molecule has 0 amide bonds. The number of aliphatic imine (C=N–C) groups is 2. The van der Waals surface area contributed by atoms with E-state index in [-0.39, 0.29) is 11.9 Å². The lowest BCUT2D eigenvalue weighted by Crippen LogP contribution is -2.39. The van der Waals surface area contributed by atoms with E-state index in [2.05, 4.69) is 9.98 Å². The van der Waals surface area contributed by atoms with Crippen LogP contribution in [0.15, 0.2) is 9.98 Å². The average molecular weight is 498 g/mol. The monoisotopic (exact) mass is 498 g/mol. The minimum atomic E-state index is -2.27. The maximum absolute atomic E-state index is 10.2.